The molecule has 1 aliphatic heterocycles. The number of rotatable bonds is 1. The Bertz CT molecular complexity index is 611. The van der Waals surface area contributed by atoms with Crippen molar-refractivity contribution in [1.29, 1.82) is 0 Å². The summed E-state index contributed by atoms with van der Waals surface area (Å²) < 4.78 is 3.17. The van der Waals surface area contributed by atoms with Gasteiger partial charge in [0.2, 0.25) is 0 Å². The van der Waals surface area contributed by atoms with E-state index in [1.807, 2.05) is 0 Å². The molecule has 17 heavy (non-hydrogen) atoms. The average molecular weight is 247 g/mol. The first-order chi connectivity index (χ1) is 8.16. The van der Waals surface area contributed by atoms with E-state index >= 15 is 0 Å². The highest BCUT2D eigenvalue weighted by molar-refractivity contribution is 7.71. The number of para-hydroxylation sites is 1. The molecule has 0 aliphatic carbocycles. The number of likely N-dealkylation sites (tertiary alicyclic amines) is 1. The van der Waals surface area contributed by atoms with Gasteiger partial charge in [0.25, 0.3) is 0 Å². The number of hydrogen-bond acceptors (Lipinski definition) is 2. The zero-order chi connectivity index (χ0) is 12.0. The Morgan fingerprint density at radius 2 is 2.24 bits per heavy atom. The fourth-order valence-electron chi connectivity index (χ4n) is 2.83. The van der Waals surface area contributed by atoms with E-state index in [0.29, 0.717) is 6.04 Å². The van der Waals surface area contributed by atoms with Crippen LogP contribution in [0.15, 0.2) is 18.2 Å². The summed E-state index contributed by atoms with van der Waals surface area (Å²) in [7, 11) is 2.17. The summed E-state index contributed by atoms with van der Waals surface area (Å²) in [5, 5.41) is 0. The molecule has 1 unspecified atom stereocenters. The number of aromatic nitrogens is 2. The highest BCUT2D eigenvalue weighted by Crippen LogP contribution is 2.27. The number of fused-ring (bicyclic) bond motifs is 1. The quantitative estimate of drug-likeness (QED) is 0.783. The van der Waals surface area contributed by atoms with Gasteiger partial charge >= 0.3 is 0 Å². The van der Waals surface area contributed by atoms with E-state index in [9.17, 15) is 0 Å². The van der Waals surface area contributed by atoms with Crippen molar-refractivity contribution in [1.82, 2.24) is 14.5 Å². The normalized spacial score (nSPS) is 21.4. The smallest absolute Gasteiger partial charge is 0.178 e. The molecule has 3 rings (SSSR count). The van der Waals surface area contributed by atoms with Crippen LogP contribution in [0, 0.1) is 11.7 Å². The van der Waals surface area contributed by atoms with Crippen molar-refractivity contribution in [2.75, 3.05) is 20.1 Å². The molecule has 4 heteroatoms. The number of likely N-dealkylation sites (N-methyl/N-ethyl adjacent to an activating group) is 1. The van der Waals surface area contributed by atoms with E-state index in [1.165, 1.54) is 17.5 Å². The molecule has 1 aromatic carbocycles. The minimum absolute atomic E-state index is 0.516. The average Bonchev–Trinajstić information content (AvgIpc) is 2.82. The summed E-state index contributed by atoms with van der Waals surface area (Å²) in [5.74, 6) is 0. The molecule has 1 fully saturated rings. The first-order valence-corrected chi connectivity index (χ1v) is 6.46. The predicted octanol–water partition coefficient (Wildman–Crippen LogP) is 2.88. The van der Waals surface area contributed by atoms with E-state index in [0.717, 1.165) is 23.4 Å². The molecule has 0 saturated carbocycles. The zero-order valence-corrected chi connectivity index (χ0v) is 11.0. The van der Waals surface area contributed by atoms with Crippen molar-refractivity contribution in [3.63, 3.8) is 0 Å². The van der Waals surface area contributed by atoms with E-state index in [4.69, 9.17) is 12.2 Å². The molecule has 3 nitrogen and oxygen atoms in total. The van der Waals surface area contributed by atoms with Gasteiger partial charge < -0.3 is 14.5 Å². The first kappa shape index (κ1) is 11.0. The van der Waals surface area contributed by atoms with Gasteiger partial charge in [0, 0.05) is 6.54 Å². The Hall–Kier alpha value is -1.13. The molecule has 0 spiro atoms. The minimum atomic E-state index is 0.516. The third kappa shape index (κ3) is 1.72. The maximum absolute atomic E-state index is 5.48. The summed E-state index contributed by atoms with van der Waals surface area (Å²) in [5.41, 5.74) is 3.73. The van der Waals surface area contributed by atoms with Gasteiger partial charge in [0.1, 0.15) is 0 Å². The van der Waals surface area contributed by atoms with Gasteiger partial charge in [-0.3, -0.25) is 0 Å². The third-order valence-electron chi connectivity index (χ3n) is 3.67. The fourth-order valence-corrected chi connectivity index (χ4v) is 3.18. The van der Waals surface area contributed by atoms with Crippen LogP contribution in [0.4, 0.5) is 0 Å². The number of hydrogen-bond donors (Lipinski definition) is 1. The van der Waals surface area contributed by atoms with E-state index in [-0.39, 0.29) is 0 Å². The molecule has 0 amide bonds. The van der Waals surface area contributed by atoms with Crippen LogP contribution in [-0.4, -0.2) is 34.6 Å². The maximum atomic E-state index is 5.48. The summed E-state index contributed by atoms with van der Waals surface area (Å²) in [6.07, 6.45) is 1.19. The highest BCUT2D eigenvalue weighted by atomic mass is 32.1. The van der Waals surface area contributed by atoms with Crippen molar-refractivity contribution >= 4 is 23.3 Å². The highest BCUT2D eigenvalue weighted by Gasteiger charge is 2.23. The predicted molar refractivity (Wildman–Crippen MR) is 73.0 cm³/mol. The van der Waals surface area contributed by atoms with Crippen molar-refractivity contribution in [2.24, 2.45) is 0 Å². The SMILES string of the molecule is Cc1cccc2[nH]c(=S)n(C3CCN(C)C3)c12. The monoisotopic (exact) mass is 247 g/mol. The van der Waals surface area contributed by atoms with Crippen LogP contribution in [0.1, 0.15) is 18.0 Å². The molecule has 1 aromatic heterocycles. The van der Waals surface area contributed by atoms with Gasteiger partial charge in [-0.25, -0.2) is 0 Å². The Labute approximate surface area is 106 Å². The fraction of sp³-hybridized carbons (Fsp3) is 0.462. The molecular weight excluding hydrogens is 230 g/mol. The second-order valence-electron chi connectivity index (χ2n) is 4.98. The van der Waals surface area contributed by atoms with Crippen LogP contribution in [0.25, 0.3) is 11.0 Å². The topological polar surface area (TPSA) is 24.0 Å². The number of nitrogens with one attached hydrogen (secondary N) is 1. The molecule has 1 saturated heterocycles. The molecule has 1 aliphatic rings. The minimum Gasteiger partial charge on any atom is -0.331 e. The summed E-state index contributed by atoms with van der Waals surface area (Å²) in [4.78, 5) is 5.68. The van der Waals surface area contributed by atoms with E-state index < -0.39 is 0 Å². The number of nitrogens with zero attached hydrogens (tertiary/aromatic N) is 2. The molecule has 0 radical (unpaired) electrons. The van der Waals surface area contributed by atoms with Gasteiger partial charge in [-0.2, -0.15) is 0 Å². The number of imidazole rings is 1. The Morgan fingerprint density at radius 1 is 1.41 bits per heavy atom. The molecule has 2 aromatic rings. The van der Waals surface area contributed by atoms with Crippen molar-refractivity contribution in [3.05, 3.63) is 28.5 Å². The molecule has 2 heterocycles. The van der Waals surface area contributed by atoms with Crippen LogP contribution in [0.5, 0.6) is 0 Å². The molecule has 90 valence electrons. The summed E-state index contributed by atoms with van der Waals surface area (Å²) in [6, 6.07) is 6.85. The lowest BCUT2D eigenvalue weighted by molar-refractivity contribution is 0.394. The number of H-pyrrole nitrogens is 1. The number of benzene rings is 1. The Kier molecular flexibility index (Phi) is 2.56. The lowest BCUT2D eigenvalue weighted by Crippen LogP contribution is -2.16. The molecule has 1 N–H and O–H groups in total. The standard InChI is InChI=1S/C13H17N3S/c1-9-4-3-5-11-12(9)16(13(17)14-11)10-6-7-15(2)8-10/h3-5,10H,6-8H2,1-2H3,(H,14,17). The van der Waals surface area contributed by atoms with E-state index in [2.05, 4.69) is 46.6 Å². The lowest BCUT2D eigenvalue weighted by atomic mass is 10.2. The van der Waals surface area contributed by atoms with Crippen molar-refractivity contribution in [3.8, 4) is 0 Å². The third-order valence-corrected chi connectivity index (χ3v) is 3.97. The van der Waals surface area contributed by atoms with Crippen molar-refractivity contribution < 1.29 is 0 Å². The van der Waals surface area contributed by atoms with Gasteiger partial charge in [0.15, 0.2) is 4.77 Å². The Balaban J connectivity index is 2.21. The van der Waals surface area contributed by atoms with Crippen LogP contribution in [0.3, 0.4) is 0 Å². The molecular formula is C13H17N3S. The van der Waals surface area contributed by atoms with Crippen LogP contribution in [0.2, 0.25) is 0 Å². The number of aromatic amines is 1. The second-order valence-corrected chi connectivity index (χ2v) is 5.36. The van der Waals surface area contributed by atoms with Crippen LogP contribution >= 0.6 is 12.2 Å². The largest absolute Gasteiger partial charge is 0.331 e. The van der Waals surface area contributed by atoms with Crippen LogP contribution < -0.4 is 0 Å². The summed E-state index contributed by atoms with van der Waals surface area (Å²) in [6.45, 7) is 4.40. The summed E-state index contributed by atoms with van der Waals surface area (Å²) >= 11 is 5.48. The van der Waals surface area contributed by atoms with Gasteiger partial charge in [-0.15, -0.1) is 0 Å². The van der Waals surface area contributed by atoms with Crippen molar-refractivity contribution in [2.45, 2.75) is 19.4 Å². The first-order valence-electron chi connectivity index (χ1n) is 6.05. The van der Waals surface area contributed by atoms with Gasteiger partial charge in [0.05, 0.1) is 17.1 Å². The van der Waals surface area contributed by atoms with Gasteiger partial charge in [-0.1, -0.05) is 12.1 Å². The van der Waals surface area contributed by atoms with Gasteiger partial charge in [-0.05, 0) is 50.8 Å². The van der Waals surface area contributed by atoms with Crippen LogP contribution in [-0.2, 0) is 0 Å². The number of aryl methyl sites for hydroxylation is 1. The molecule has 1 atom stereocenters. The maximum Gasteiger partial charge on any atom is 0.178 e. The second kappa shape index (κ2) is 3.96. The van der Waals surface area contributed by atoms with E-state index in [1.54, 1.807) is 0 Å². The zero-order valence-electron chi connectivity index (χ0n) is 10.2. The molecule has 0 bridgehead atoms. The Morgan fingerprint density at radius 3 is 2.94 bits per heavy atom. The lowest BCUT2D eigenvalue weighted by Gasteiger charge is -2.14.